The number of hydrogen-bond acceptors (Lipinski definition) is 7. The molecule has 2 rings (SSSR count). The quantitative estimate of drug-likeness (QED) is 0.686. The Morgan fingerprint density at radius 3 is 2.60 bits per heavy atom. The molecule has 2 heterocycles. The van der Waals surface area contributed by atoms with Crippen LogP contribution in [-0.4, -0.2) is 79.6 Å². The fraction of sp³-hybridized carbons (Fsp3) is 0.562. The Morgan fingerprint density at radius 1 is 1.32 bits per heavy atom. The molecule has 2 N–H and O–H groups in total. The highest BCUT2D eigenvalue weighted by molar-refractivity contribution is 7.12. The molecule has 25 heavy (non-hydrogen) atoms. The maximum absolute atomic E-state index is 12.2. The predicted molar refractivity (Wildman–Crippen MR) is 94.0 cm³/mol. The summed E-state index contributed by atoms with van der Waals surface area (Å²) < 4.78 is 4.66. The highest BCUT2D eigenvalue weighted by Gasteiger charge is 2.26. The SMILES string of the molecule is COC(=O)c1sccc1NC(=O)C[C@@H](CN1CCN(C)CC1)C(=O)O. The summed E-state index contributed by atoms with van der Waals surface area (Å²) in [6.07, 6.45) is -0.141. The molecule has 0 bridgehead atoms. The van der Waals surface area contributed by atoms with Crippen molar-refractivity contribution in [2.45, 2.75) is 6.42 Å². The molecule has 8 nitrogen and oxygen atoms in total. The van der Waals surface area contributed by atoms with Gasteiger partial charge in [0.15, 0.2) is 0 Å². The largest absolute Gasteiger partial charge is 0.481 e. The van der Waals surface area contributed by atoms with Gasteiger partial charge in [-0.25, -0.2) is 4.79 Å². The maximum atomic E-state index is 12.2. The number of aliphatic carboxylic acids is 1. The van der Waals surface area contributed by atoms with Crippen LogP contribution in [-0.2, 0) is 14.3 Å². The molecule has 1 aliphatic rings. The number of piperazine rings is 1. The highest BCUT2D eigenvalue weighted by Crippen LogP contribution is 2.23. The van der Waals surface area contributed by atoms with Crippen molar-refractivity contribution in [3.8, 4) is 0 Å². The zero-order chi connectivity index (χ0) is 18.4. The number of amides is 1. The lowest BCUT2D eigenvalue weighted by molar-refractivity contribution is -0.144. The minimum Gasteiger partial charge on any atom is -0.481 e. The Kier molecular flexibility index (Phi) is 6.91. The van der Waals surface area contributed by atoms with Crippen molar-refractivity contribution in [2.75, 3.05) is 52.2 Å². The van der Waals surface area contributed by atoms with E-state index in [-0.39, 0.29) is 6.42 Å². The van der Waals surface area contributed by atoms with Crippen LogP contribution < -0.4 is 5.32 Å². The monoisotopic (exact) mass is 369 g/mol. The van der Waals surface area contributed by atoms with E-state index in [1.54, 1.807) is 11.4 Å². The summed E-state index contributed by atoms with van der Waals surface area (Å²) >= 11 is 1.16. The van der Waals surface area contributed by atoms with Gasteiger partial charge in [0.2, 0.25) is 5.91 Å². The van der Waals surface area contributed by atoms with E-state index in [4.69, 9.17) is 0 Å². The lowest BCUT2D eigenvalue weighted by Crippen LogP contribution is -2.47. The molecule has 0 aromatic carbocycles. The third kappa shape index (κ3) is 5.52. The van der Waals surface area contributed by atoms with E-state index in [0.29, 0.717) is 17.1 Å². The van der Waals surface area contributed by atoms with Gasteiger partial charge in [0.25, 0.3) is 0 Å². The average molecular weight is 369 g/mol. The minimum absolute atomic E-state index is 0.141. The van der Waals surface area contributed by atoms with E-state index in [0.717, 1.165) is 37.5 Å². The summed E-state index contributed by atoms with van der Waals surface area (Å²) in [6.45, 7) is 3.69. The van der Waals surface area contributed by atoms with E-state index >= 15 is 0 Å². The molecular weight excluding hydrogens is 346 g/mol. The molecule has 1 atom stereocenters. The summed E-state index contributed by atoms with van der Waals surface area (Å²) in [5, 5.41) is 13.7. The number of carbonyl (C=O) groups excluding carboxylic acids is 2. The van der Waals surface area contributed by atoms with Crippen molar-refractivity contribution in [3.05, 3.63) is 16.3 Å². The first kappa shape index (κ1) is 19.4. The molecule has 1 aromatic heterocycles. The number of hydrogen-bond donors (Lipinski definition) is 2. The number of rotatable bonds is 7. The highest BCUT2D eigenvalue weighted by atomic mass is 32.1. The molecule has 0 unspecified atom stereocenters. The molecule has 0 spiro atoms. The molecule has 1 fully saturated rings. The molecule has 0 aliphatic carbocycles. The average Bonchev–Trinajstić information content (AvgIpc) is 3.03. The van der Waals surface area contributed by atoms with E-state index in [1.165, 1.54) is 7.11 Å². The fourth-order valence-electron chi connectivity index (χ4n) is 2.66. The smallest absolute Gasteiger partial charge is 0.350 e. The summed E-state index contributed by atoms with van der Waals surface area (Å²) in [6, 6.07) is 1.60. The summed E-state index contributed by atoms with van der Waals surface area (Å²) in [4.78, 5) is 39.9. The van der Waals surface area contributed by atoms with Crippen LogP contribution in [0.4, 0.5) is 5.69 Å². The van der Waals surface area contributed by atoms with Crippen molar-refractivity contribution < 1.29 is 24.2 Å². The molecule has 138 valence electrons. The number of ether oxygens (including phenoxy) is 1. The normalized spacial score (nSPS) is 17.0. The van der Waals surface area contributed by atoms with Gasteiger partial charge in [0.05, 0.1) is 18.7 Å². The summed E-state index contributed by atoms with van der Waals surface area (Å²) in [5.41, 5.74) is 0.352. The maximum Gasteiger partial charge on any atom is 0.350 e. The molecule has 0 saturated carbocycles. The lowest BCUT2D eigenvalue weighted by Gasteiger charge is -2.33. The van der Waals surface area contributed by atoms with Crippen LogP contribution in [0.1, 0.15) is 16.1 Å². The predicted octanol–water partition coefficient (Wildman–Crippen LogP) is 0.811. The number of esters is 1. The van der Waals surface area contributed by atoms with Gasteiger partial charge in [-0.3, -0.25) is 14.5 Å². The van der Waals surface area contributed by atoms with Gasteiger partial charge in [-0.1, -0.05) is 0 Å². The number of anilines is 1. The second-order valence-electron chi connectivity index (χ2n) is 6.05. The van der Waals surface area contributed by atoms with Crippen molar-refractivity contribution in [1.29, 1.82) is 0 Å². The van der Waals surface area contributed by atoms with Crippen molar-refractivity contribution in [1.82, 2.24) is 9.80 Å². The van der Waals surface area contributed by atoms with Crippen molar-refractivity contribution >= 4 is 34.9 Å². The van der Waals surface area contributed by atoms with E-state index < -0.39 is 23.8 Å². The standard InChI is InChI=1S/C16H23N3O5S/c1-18-4-6-19(7-5-18)10-11(15(21)22)9-13(20)17-12-3-8-25-14(12)16(23)24-2/h3,8,11H,4-7,9-10H2,1-2H3,(H,17,20)(H,21,22)/t11-/m0/s1. The van der Waals surface area contributed by atoms with Crippen LogP contribution in [0.3, 0.4) is 0 Å². The molecule has 1 aromatic rings. The van der Waals surface area contributed by atoms with Crippen molar-refractivity contribution in [2.24, 2.45) is 5.92 Å². The first-order valence-electron chi connectivity index (χ1n) is 8.00. The number of methoxy groups -OCH3 is 1. The number of nitrogens with zero attached hydrogens (tertiary/aromatic N) is 2. The fourth-order valence-corrected chi connectivity index (χ4v) is 3.42. The van der Waals surface area contributed by atoms with Crippen LogP contribution in [0.15, 0.2) is 11.4 Å². The first-order chi connectivity index (χ1) is 11.9. The third-order valence-corrected chi connectivity index (χ3v) is 5.06. The van der Waals surface area contributed by atoms with E-state index in [2.05, 4.69) is 19.9 Å². The Balaban J connectivity index is 1.93. The Morgan fingerprint density at radius 2 is 2.00 bits per heavy atom. The van der Waals surface area contributed by atoms with Gasteiger partial charge < -0.3 is 20.1 Å². The molecule has 1 saturated heterocycles. The molecule has 9 heteroatoms. The number of nitrogens with one attached hydrogen (secondary N) is 1. The molecule has 1 amide bonds. The Bertz CT molecular complexity index is 625. The Labute approximate surface area is 150 Å². The molecule has 1 aliphatic heterocycles. The van der Waals surface area contributed by atoms with Crippen molar-refractivity contribution in [3.63, 3.8) is 0 Å². The Hall–Kier alpha value is -1.97. The van der Waals surface area contributed by atoms with Crippen LogP contribution in [0, 0.1) is 5.92 Å². The van der Waals surface area contributed by atoms with E-state index in [9.17, 15) is 19.5 Å². The lowest BCUT2D eigenvalue weighted by atomic mass is 10.0. The topological polar surface area (TPSA) is 99.2 Å². The second-order valence-corrected chi connectivity index (χ2v) is 6.96. The summed E-state index contributed by atoms with van der Waals surface area (Å²) in [7, 11) is 3.30. The van der Waals surface area contributed by atoms with Crippen LogP contribution in [0.5, 0.6) is 0 Å². The third-order valence-electron chi connectivity index (χ3n) is 4.17. The van der Waals surface area contributed by atoms with Gasteiger partial charge in [-0.05, 0) is 18.5 Å². The van der Waals surface area contributed by atoms with E-state index in [1.807, 2.05) is 7.05 Å². The van der Waals surface area contributed by atoms with Gasteiger partial charge in [0.1, 0.15) is 4.88 Å². The number of carboxylic acid groups (broad SMARTS) is 1. The van der Waals surface area contributed by atoms with Crippen LogP contribution in [0.25, 0.3) is 0 Å². The molecular formula is C16H23N3O5S. The zero-order valence-corrected chi connectivity index (χ0v) is 15.2. The van der Waals surface area contributed by atoms with Gasteiger partial charge in [-0.2, -0.15) is 0 Å². The first-order valence-corrected chi connectivity index (χ1v) is 8.88. The van der Waals surface area contributed by atoms with Gasteiger partial charge >= 0.3 is 11.9 Å². The number of thiophene rings is 1. The molecule has 0 radical (unpaired) electrons. The number of carboxylic acids is 1. The zero-order valence-electron chi connectivity index (χ0n) is 14.4. The summed E-state index contributed by atoms with van der Waals surface area (Å²) in [5.74, 6) is -2.74. The van der Waals surface area contributed by atoms with Crippen LogP contribution in [0.2, 0.25) is 0 Å². The minimum atomic E-state index is -0.993. The van der Waals surface area contributed by atoms with Crippen LogP contribution >= 0.6 is 11.3 Å². The van der Waals surface area contributed by atoms with Gasteiger partial charge in [0, 0.05) is 39.1 Å². The number of likely N-dealkylation sites (N-methyl/N-ethyl adjacent to an activating group) is 1. The van der Waals surface area contributed by atoms with Gasteiger partial charge in [-0.15, -0.1) is 11.3 Å². The number of carbonyl (C=O) groups is 3. The second kappa shape index (κ2) is 8.93.